The molecule has 0 bridgehead atoms. The van der Waals surface area contributed by atoms with E-state index in [2.05, 4.69) is 20.6 Å². The number of hydrogen-bond donors (Lipinski definition) is 2. The molecule has 7 nitrogen and oxygen atoms in total. The third-order valence-corrected chi connectivity index (χ3v) is 4.71. The van der Waals surface area contributed by atoms with E-state index in [0.29, 0.717) is 12.4 Å². The molecule has 0 aliphatic carbocycles. The molecule has 0 saturated carbocycles. The normalized spacial score (nSPS) is 12.0. The van der Waals surface area contributed by atoms with Gasteiger partial charge in [-0.25, -0.2) is 9.97 Å². The van der Waals surface area contributed by atoms with Gasteiger partial charge in [0.25, 0.3) is 5.91 Å². The fraction of sp³-hybridized carbons (Fsp3) is 0.227. The Labute approximate surface area is 169 Å². The maximum absolute atomic E-state index is 12.5. The summed E-state index contributed by atoms with van der Waals surface area (Å²) in [7, 11) is 0. The van der Waals surface area contributed by atoms with Gasteiger partial charge in [-0.15, -0.1) is 0 Å². The number of rotatable bonds is 5. The third kappa shape index (κ3) is 4.13. The molecule has 1 aliphatic heterocycles. The van der Waals surface area contributed by atoms with Crippen LogP contribution in [0.4, 0.5) is 11.5 Å². The van der Waals surface area contributed by atoms with Crippen molar-refractivity contribution in [2.45, 2.75) is 27.3 Å². The van der Waals surface area contributed by atoms with Gasteiger partial charge < -0.3 is 20.1 Å². The van der Waals surface area contributed by atoms with Crippen LogP contribution in [-0.2, 0) is 6.54 Å². The van der Waals surface area contributed by atoms with Gasteiger partial charge in [0, 0.05) is 12.2 Å². The number of fused-ring (bicyclic) bond motifs is 1. The summed E-state index contributed by atoms with van der Waals surface area (Å²) < 4.78 is 10.7. The smallest absolute Gasteiger partial charge is 0.275 e. The van der Waals surface area contributed by atoms with E-state index < -0.39 is 0 Å². The van der Waals surface area contributed by atoms with Crippen LogP contribution >= 0.6 is 0 Å². The van der Waals surface area contributed by atoms with Gasteiger partial charge in [0.1, 0.15) is 11.5 Å². The molecule has 29 heavy (non-hydrogen) atoms. The highest BCUT2D eigenvalue weighted by Crippen LogP contribution is 2.32. The maximum atomic E-state index is 12.5. The lowest BCUT2D eigenvalue weighted by Crippen LogP contribution is -2.16. The van der Waals surface area contributed by atoms with Crippen LogP contribution in [0.5, 0.6) is 11.5 Å². The summed E-state index contributed by atoms with van der Waals surface area (Å²) in [6.45, 7) is 6.79. The average Bonchev–Trinajstić information content (AvgIpc) is 3.17. The zero-order chi connectivity index (χ0) is 20.4. The molecule has 3 aromatic rings. The van der Waals surface area contributed by atoms with Gasteiger partial charge in [0.05, 0.1) is 12.4 Å². The van der Waals surface area contributed by atoms with Gasteiger partial charge in [0.2, 0.25) is 6.79 Å². The number of aryl methyl sites for hydroxylation is 3. The number of nitrogens with zero attached hydrogens (tertiary/aromatic N) is 2. The Bertz CT molecular complexity index is 1040. The van der Waals surface area contributed by atoms with Gasteiger partial charge in [0.15, 0.2) is 11.5 Å². The van der Waals surface area contributed by atoms with Crippen LogP contribution in [0.1, 0.15) is 32.7 Å². The van der Waals surface area contributed by atoms with Crippen LogP contribution < -0.4 is 20.1 Å². The molecule has 148 valence electrons. The standard InChI is InChI=1S/C22H22N4O3/c1-13-6-14(2)21(15(3)7-13)26-22(27)17-10-25-20(11-23-17)24-9-16-4-5-18-19(8-16)29-12-28-18/h4-8,10-11H,9,12H2,1-3H3,(H,24,25)(H,26,27). The van der Waals surface area contributed by atoms with Crippen LogP contribution in [0.3, 0.4) is 0 Å². The summed E-state index contributed by atoms with van der Waals surface area (Å²) in [6.07, 6.45) is 3.02. The molecule has 4 rings (SSSR count). The fourth-order valence-corrected chi connectivity index (χ4v) is 3.33. The number of benzene rings is 2. The van der Waals surface area contributed by atoms with Crippen molar-refractivity contribution in [3.8, 4) is 11.5 Å². The zero-order valence-corrected chi connectivity index (χ0v) is 16.6. The number of ether oxygens (including phenoxy) is 2. The number of aromatic nitrogens is 2. The Morgan fingerprint density at radius 2 is 1.76 bits per heavy atom. The van der Waals surface area contributed by atoms with Crippen LogP contribution in [0, 0.1) is 20.8 Å². The average molecular weight is 390 g/mol. The Morgan fingerprint density at radius 1 is 1.00 bits per heavy atom. The Hall–Kier alpha value is -3.61. The largest absolute Gasteiger partial charge is 0.454 e. The minimum Gasteiger partial charge on any atom is -0.454 e. The number of hydrogen-bond acceptors (Lipinski definition) is 6. The van der Waals surface area contributed by atoms with Crippen LogP contribution in [0.25, 0.3) is 0 Å². The van der Waals surface area contributed by atoms with E-state index in [1.807, 2.05) is 51.1 Å². The summed E-state index contributed by atoms with van der Waals surface area (Å²) in [6, 6.07) is 9.85. The van der Waals surface area contributed by atoms with E-state index in [9.17, 15) is 4.79 Å². The summed E-state index contributed by atoms with van der Waals surface area (Å²) in [4.78, 5) is 21.1. The van der Waals surface area contributed by atoms with Crippen molar-refractivity contribution < 1.29 is 14.3 Å². The van der Waals surface area contributed by atoms with E-state index in [1.54, 1.807) is 6.20 Å². The lowest BCUT2D eigenvalue weighted by atomic mass is 10.1. The topological polar surface area (TPSA) is 85.4 Å². The molecule has 1 aliphatic rings. The van der Waals surface area contributed by atoms with Crippen molar-refractivity contribution in [2.24, 2.45) is 0 Å². The second-order valence-corrected chi connectivity index (χ2v) is 7.06. The van der Waals surface area contributed by atoms with Gasteiger partial charge in [-0.2, -0.15) is 0 Å². The first kappa shape index (κ1) is 18.7. The Kier molecular flexibility index (Phi) is 5.03. The summed E-state index contributed by atoms with van der Waals surface area (Å²) in [5.74, 6) is 1.80. The van der Waals surface area contributed by atoms with Crippen molar-refractivity contribution in [3.05, 3.63) is 70.7 Å². The highest BCUT2D eigenvalue weighted by molar-refractivity contribution is 6.03. The molecule has 0 saturated heterocycles. The van der Waals surface area contributed by atoms with Gasteiger partial charge in [-0.05, 0) is 49.6 Å². The second-order valence-electron chi connectivity index (χ2n) is 7.06. The van der Waals surface area contributed by atoms with Crippen LogP contribution in [0.2, 0.25) is 0 Å². The van der Waals surface area contributed by atoms with Crippen molar-refractivity contribution >= 4 is 17.4 Å². The Morgan fingerprint density at radius 3 is 2.48 bits per heavy atom. The zero-order valence-electron chi connectivity index (χ0n) is 16.6. The van der Waals surface area contributed by atoms with E-state index in [0.717, 1.165) is 39.4 Å². The van der Waals surface area contributed by atoms with E-state index in [1.165, 1.54) is 6.20 Å². The Balaban J connectivity index is 1.39. The van der Waals surface area contributed by atoms with Gasteiger partial charge in [-0.1, -0.05) is 23.8 Å². The number of carbonyl (C=O) groups excluding carboxylic acids is 1. The molecule has 2 N–H and O–H groups in total. The molecule has 0 fully saturated rings. The van der Waals surface area contributed by atoms with Gasteiger partial charge in [-0.3, -0.25) is 4.79 Å². The molecule has 7 heteroatoms. The SMILES string of the molecule is Cc1cc(C)c(NC(=O)c2cnc(NCc3ccc4c(c3)OCO4)cn2)c(C)c1. The minimum absolute atomic E-state index is 0.253. The first-order valence-corrected chi connectivity index (χ1v) is 9.33. The lowest BCUT2D eigenvalue weighted by Gasteiger charge is -2.12. The molecule has 2 aromatic carbocycles. The van der Waals surface area contributed by atoms with Crippen molar-refractivity contribution in [3.63, 3.8) is 0 Å². The summed E-state index contributed by atoms with van der Waals surface area (Å²) in [5, 5.41) is 6.13. The molecule has 0 spiro atoms. The van der Waals surface area contributed by atoms with E-state index >= 15 is 0 Å². The quantitative estimate of drug-likeness (QED) is 0.685. The van der Waals surface area contributed by atoms with Crippen molar-refractivity contribution in [1.29, 1.82) is 0 Å². The molecule has 2 heterocycles. The van der Waals surface area contributed by atoms with Crippen molar-refractivity contribution in [2.75, 3.05) is 17.4 Å². The third-order valence-electron chi connectivity index (χ3n) is 4.71. The summed E-state index contributed by atoms with van der Waals surface area (Å²) in [5.41, 5.74) is 5.31. The second kappa shape index (κ2) is 7.79. The molecule has 0 unspecified atom stereocenters. The molecular weight excluding hydrogens is 368 g/mol. The van der Waals surface area contributed by atoms with Crippen LogP contribution in [0.15, 0.2) is 42.7 Å². The maximum Gasteiger partial charge on any atom is 0.275 e. The van der Waals surface area contributed by atoms with Crippen LogP contribution in [-0.4, -0.2) is 22.7 Å². The summed E-state index contributed by atoms with van der Waals surface area (Å²) >= 11 is 0. The highest BCUT2D eigenvalue weighted by Gasteiger charge is 2.14. The highest BCUT2D eigenvalue weighted by atomic mass is 16.7. The lowest BCUT2D eigenvalue weighted by molar-refractivity contribution is 0.102. The van der Waals surface area contributed by atoms with Gasteiger partial charge >= 0.3 is 0 Å². The first-order valence-electron chi connectivity index (χ1n) is 9.33. The minimum atomic E-state index is -0.283. The number of amides is 1. The number of nitrogens with one attached hydrogen (secondary N) is 2. The van der Waals surface area contributed by atoms with E-state index in [4.69, 9.17) is 9.47 Å². The fourth-order valence-electron chi connectivity index (χ4n) is 3.33. The predicted octanol–water partition coefficient (Wildman–Crippen LogP) is 3.99. The molecule has 1 amide bonds. The predicted molar refractivity (Wildman–Crippen MR) is 111 cm³/mol. The molecule has 0 radical (unpaired) electrons. The van der Waals surface area contributed by atoms with E-state index in [-0.39, 0.29) is 18.4 Å². The molecular formula is C22H22N4O3. The number of carbonyl (C=O) groups is 1. The number of anilines is 2. The molecule has 0 atom stereocenters. The van der Waals surface area contributed by atoms with Crippen molar-refractivity contribution in [1.82, 2.24) is 9.97 Å². The monoisotopic (exact) mass is 390 g/mol. The molecule has 1 aromatic heterocycles. The first-order chi connectivity index (χ1) is 14.0.